The molecule has 17 heteroatoms. The van der Waals surface area contributed by atoms with Crippen LogP contribution in [0.2, 0.25) is 0 Å². The number of carboxylic acid groups (broad SMARTS) is 2. The Labute approximate surface area is 239 Å². The zero-order chi connectivity index (χ0) is 32.1. The summed E-state index contributed by atoms with van der Waals surface area (Å²) in [7, 11) is -4.23. The van der Waals surface area contributed by atoms with Crippen molar-refractivity contribution in [2.75, 3.05) is 6.61 Å². The second-order valence-electron chi connectivity index (χ2n) is 8.68. The molecule has 3 aromatic rings. The van der Waals surface area contributed by atoms with Gasteiger partial charge in [0.05, 0.1) is 11.3 Å². The highest BCUT2D eigenvalue weighted by molar-refractivity contribution is 7.89. The van der Waals surface area contributed by atoms with Crippen molar-refractivity contribution in [3.05, 3.63) is 88.5 Å². The van der Waals surface area contributed by atoms with E-state index in [-0.39, 0.29) is 18.2 Å². The van der Waals surface area contributed by atoms with E-state index in [1.165, 1.54) is 24.3 Å². The molecule has 1 unspecified atom stereocenters. The van der Waals surface area contributed by atoms with Crippen LogP contribution in [0, 0.1) is 23.3 Å². The van der Waals surface area contributed by atoms with Crippen LogP contribution in [0.15, 0.2) is 53.4 Å². The monoisotopic (exact) mass is 628 g/mol. The quantitative estimate of drug-likeness (QED) is 0.138. The highest BCUT2D eigenvalue weighted by atomic mass is 32.2. The summed E-state index contributed by atoms with van der Waals surface area (Å²) in [6, 6.07) is 5.77. The zero-order valence-corrected chi connectivity index (χ0v) is 22.3. The van der Waals surface area contributed by atoms with Gasteiger partial charge in [0.15, 0.2) is 23.2 Å². The number of aromatic hydroxyl groups is 1. The molecule has 5 N–H and O–H groups in total. The van der Waals surface area contributed by atoms with Crippen LogP contribution < -0.4 is 14.8 Å². The molecule has 0 saturated carbocycles. The molecule has 3 rings (SSSR count). The van der Waals surface area contributed by atoms with Crippen LogP contribution in [0.4, 0.5) is 17.6 Å². The van der Waals surface area contributed by atoms with Crippen LogP contribution in [0.25, 0.3) is 0 Å². The second kappa shape index (κ2) is 13.3. The minimum absolute atomic E-state index is 0.0837. The first kappa shape index (κ1) is 32.5. The van der Waals surface area contributed by atoms with Crippen LogP contribution in [-0.4, -0.2) is 60.0 Å². The fourth-order valence-corrected chi connectivity index (χ4v) is 4.52. The van der Waals surface area contributed by atoms with Crippen LogP contribution in [0.5, 0.6) is 11.5 Å². The van der Waals surface area contributed by atoms with Crippen LogP contribution >= 0.6 is 0 Å². The second-order valence-corrected chi connectivity index (χ2v) is 10.4. The van der Waals surface area contributed by atoms with Gasteiger partial charge >= 0.3 is 11.9 Å². The van der Waals surface area contributed by atoms with E-state index in [2.05, 4.69) is 14.8 Å². The summed E-state index contributed by atoms with van der Waals surface area (Å²) >= 11 is 0. The highest BCUT2D eigenvalue weighted by Gasteiger charge is 2.27. The van der Waals surface area contributed by atoms with Crippen LogP contribution in [0.3, 0.4) is 0 Å². The maximum Gasteiger partial charge on any atom is 0.339 e. The van der Waals surface area contributed by atoms with Crippen molar-refractivity contribution in [3.63, 3.8) is 0 Å². The first-order chi connectivity index (χ1) is 20.1. The largest absolute Gasteiger partial charge is 0.507 e. The number of phenols is 1. The SMILES string of the molecule is O=C(O)CC(NC(=O)c1ccc(CNS(=O)(=O)c2ccc(O)c(C(=O)O)c2)cc1)C(=O)COc1c(F)c(F)cc(F)c1F. The zero-order valence-electron chi connectivity index (χ0n) is 21.4. The summed E-state index contributed by atoms with van der Waals surface area (Å²) in [6.45, 7) is -1.58. The number of carbonyl (C=O) groups is 4. The van der Waals surface area contributed by atoms with E-state index in [0.717, 1.165) is 18.2 Å². The Balaban J connectivity index is 1.66. The maximum atomic E-state index is 13.8. The number of nitrogens with one attached hydrogen (secondary N) is 2. The van der Waals surface area contributed by atoms with Gasteiger partial charge in [0.25, 0.3) is 5.91 Å². The summed E-state index contributed by atoms with van der Waals surface area (Å²) in [5.74, 6) is -14.9. The van der Waals surface area contributed by atoms with Crippen molar-refractivity contribution in [2.45, 2.75) is 23.9 Å². The molecule has 0 heterocycles. The van der Waals surface area contributed by atoms with Gasteiger partial charge in [-0.3, -0.25) is 14.4 Å². The number of sulfonamides is 1. The lowest BCUT2D eigenvalue weighted by Gasteiger charge is -2.17. The molecule has 0 saturated heterocycles. The van der Waals surface area contributed by atoms with Crippen molar-refractivity contribution in [1.29, 1.82) is 0 Å². The number of ether oxygens (including phenoxy) is 1. The minimum Gasteiger partial charge on any atom is -0.507 e. The summed E-state index contributed by atoms with van der Waals surface area (Å²) in [4.78, 5) is 47.1. The summed E-state index contributed by atoms with van der Waals surface area (Å²) in [5, 5.41) is 29.8. The first-order valence-corrected chi connectivity index (χ1v) is 13.2. The molecule has 0 aliphatic heterocycles. The third kappa shape index (κ3) is 8.04. The van der Waals surface area contributed by atoms with Crippen molar-refractivity contribution in [1.82, 2.24) is 10.0 Å². The number of hydrogen-bond acceptors (Lipinski definition) is 8. The number of aliphatic carboxylic acids is 1. The Morgan fingerprint density at radius 3 is 2.05 bits per heavy atom. The van der Waals surface area contributed by atoms with Gasteiger partial charge in [-0.05, 0) is 35.9 Å². The summed E-state index contributed by atoms with van der Waals surface area (Å²) < 4.78 is 86.1. The number of ketones is 1. The molecule has 43 heavy (non-hydrogen) atoms. The van der Waals surface area contributed by atoms with Gasteiger partial charge in [0.2, 0.25) is 21.7 Å². The number of aromatic carboxylic acids is 1. The summed E-state index contributed by atoms with van der Waals surface area (Å²) in [6.07, 6.45) is -0.989. The lowest BCUT2D eigenvalue weighted by Crippen LogP contribution is -2.44. The molecule has 228 valence electrons. The molecular weight excluding hydrogens is 608 g/mol. The third-order valence-electron chi connectivity index (χ3n) is 5.69. The number of Topliss-reactive ketones (excluding diaryl/α,β-unsaturated/α-hetero) is 1. The molecule has 1 atom stereocenters. The van der Waals surface area contributed by atoms with Crippen molar-refractivity contribution in [2.24, 2.45) is 0 Å². The number of carboxylic acids is 2. The van der Waals surface area contributed by atoms with Gasteiger partial charge in [-0.2, -0.15) is 8.78 Å². The molecule has 0 aliphatic rings. The molecule has 0 aliphatic carbocycles. The van der Waals surface area contributed by atoms with Crippen LogP contribution in [-0.2, 0) is 26.2 Å². The average molecular weight is 629 g/mol. The number of carbonyl (C=O) groups excluding carboxylic acids is 2. The lowest BCUT2D eigenvalue weighted by molar-refractivity contribution is -0.139. The van der Waals surface area contributed by atoms with Crippen LogP contribution in [0.1, 0.15) is 32.7 Å². The molecule has 0 spiro atoms. The molecule has 1 amide bonds. The Morgan fingerprint density at radius 1 is 0.884 bits per heavy atom. The molecule has 0 bridgehead atoms. The van der Waals surface area contributed by atoms with E-state index in [9.17, 15) is 50.3 Å². The Bertz CT molecular complexity index is 1670. The van der Waals surface area contributed by atoms with Gasteiger partial charge in [-0.15, -0.1) is 0 Å². The molecule has 12 nitrogen and oxygen atoms in total. The average Bonchev–Trinajstić information content (AvgIpc) is 2.94. The van der Waals surface area contributed by atoms with Gasteiger partial charge in [-0.1, -0.05) is 12.1 Å². The van der Waals surface area contributed by atoms with Crippen molar-refractivity contribution >= 4 is 33.7 Å². The van der Waals surface area contributed by atoms with Gasteiger partial charge in [0.1, 0.15) is 24.0 Å². The molecule has 0 fully saturated rings. The smallest absolute Gasteiger partial charge is 0.339 e. The number of amides is 1. The maximum absolute atomic E-state index is 13.8. The third-order valence-corrected chi connectivity index (χ3v) is 7.09. The topological polar surface area (TPSA) is 196 Å². The Morgan fingerprint density at radius 2 is 1.49 bits per heavy atom. The van der Waals surface area contributed by atoms with Gasteiger partial charge in [0, 0.05) is 18.2 Å². The number of halogens is 4. The predicted octanol–water partition coefficient (Wildman–Crippen LogP) is 2.35. The highest BCUT2D eigenvalue weighted by Crippen LogP contribution is 2.26. The molecule has 0 aromatic heterocycles. The van der Waals surface area contributed by atoms with E-state index in [1.54, 1.807) is 0 Å². The molecule has 3 aromatic carbocycles. The Kier molecular flexibility index (Phi) is 10.0. The Hall–Kier alpha value is -5.03. The fraction of sp³-hybridized carbons (Fsp3) is 0.154. The predicted molar refractivity (Wildman–Crippen MR) is 136 cm³/mol. The fourth-order valence-electron chi connectivity index (χ4n) is 3.47. The van der Waals surface area contributed by atoms with E-state index in [1.807, 2.05) is 0 Å². The first-order valence-electron chi connectivity index (χ1n) is 11.8. The lowest BCUT2D eigenvalue weighted by atomic mass is 10.1. The molecular formula is C26H20F4N2O10S. The van der Waals surface area contributed by atoms with Gasteiger partial charge < -0.3 is 25.4 Å². The number of hydrogen-bond donors (Lipinski definition) is 5. The number of benzene rings is 3. The minimum atomic E-state index is -4.23. The van der Waals surface area contributed by atoms with Crippen molar-refractivity contribution in [3.8, 4) is 11.5 Å². The van der Waals surface area contributed by atoms with E-state index in [0.29, 0.717) is 5.56 Å². The normalized spacial score (nSPS) is 11.9. The van der Waals surface area contributed by atoms with E-state index >= 15 is 0 Å². The molecule has 0 radical (unpaired) electrons. The van der Waals surface area contributed by atoms with E-state index < -0.39 is 97.9 Å². The summed E-state index contributed by atoms with van der Waals surface area (Å²) in [5.41, 5.74) is -0.438. The van der Waals surface area contributed by atoms with E-state index in [4.69, 9.17) is 10.2 Å². The number of rotatable bonds is 13. The standard InChI is InChI=1S/C26H20F4N2O10S/c27-16-8-17(28)23(30)24(22(16)29)42-11-20(34)18(9-21(35)36)32-25(37)13-3-1-12(2-4-13)10-31-43(40,41)14-5-6-19(33)15(7-14)26(38)39/h1-8,18,31,33H,9-11H2,(H,32,37)(H,35,36)(H,38,39). The van der Waals surface area contributed by atoms with Gasteiger partial charge in [-0.25, -0.2) is 26.7 Å². The van der Waals surface area contributed by atoms with Crippen molar-refractivity contribution < 1.29 is 65.2 Å².